The summed E-state index contributed by atoms with van der Waals surface area (Å²) in [7, 11) is 1.97. The summed E-state index contributed by atoms with van der Waals surface area (Å²) < 4.78 is 37.9. The number of H-pyrrole nitrogens is 1. The monoisotopic (exact) mass is 425 g/mol. The van der Waals surface area contributed by atoms with Crippen molar-refractivity contribution < 1.29 is 27.5 Å². The number of carbonyl (C=O) groups is 1. The molecule has 1 aromatic carbocycles. The van der Waals surface area contributed by atoms with E-state index >= 15 is 0 Å². The minimum Gasteiger partial charge on any atom is -0.475 e. The molecule has 30 heavy (non-hydrogen) atoms. The lowest BCUT2D eigenvalue weighted by atomic mass is 9.99. The molecule has 0 fully saturated rings. The third-order valence-electron chi connectivity index (χ3n) is 4.87. The molecule has 2 atom stereocenters. The van der Waals surface area contributed by atoms with Crippen molar-refractivity contribution in [2.24, 2.45) is 5.92 Å². The van der Waals surface area contributed by atoms with Crippen LogP contribution in [0.15, 0.2) is 34.9 Å². The Morgan fingerprint density at radius 2 is 1.97 bits per heavy atom. The Kier molecular flexibility index (Phi) is 7.66. The fraction of sp³-hybridized carbons (Fsp3) is 0.429. The molecule has 0 saturated carbocycles. The number of para-hydroxylation sites is 1. The average molecular weight is 425 g/mol. The van der Waals surface area contributed by atoms with E-state index in [9.17, 15) is 13.2 Å². The molecule has 2 heterocycles. The summed E-state index contributed by atoms with van der Waals surface area (Å²) in [6, 6.07) is 8.42. The highest BCUT2D eigenvalue weighted by atomic mass is 19.4. The number of alkyl halides is 3. The Morgan fingerprint density at radius 1 is 1.33 bits per heavy atom. The number of carboxylic acids is 1. The molecule has 6 nitrogen and oxygen atoms in total. The molecule has 0 radical (unpaired) electrons. The molecule has 0 amide bonds. The van der Waals surface area contributed by atoms with Gasteiger partial charge in [-0.15, -0.1) is 0 Å². The average Bonchev–Trinajstić information content (AvgIpc) is 3.28. The van der Waals surface area contributed by atoms with Gasteiger partial charge >= 0.3 is 12.1 Å². The van der Waals surface area contributed by atoms with E-state index in [1.54, 1.807) is 0 Å². The smallest absolute Gasteiger partial charge is 0.475 e. The standard InChI is InChI=1S/C19H25N3O.C2HF3O2/c1-5-12(2)10-17(20-4)19-22-13(3)18(23-19)15-11-21-16-9-7-6-8-14(15)16;3-2(4,5)1(6)7/h6-9,11-12,17,20-21H,5,10H2,1-4H3;(H,6,7)/t12-,17-;/m1./s1. The van der Waals surface area contributed by atoms with Gasteiger partial charge in [0, 0.05) is 22.7 Å². The number of halogens is 3. The summed E-state index contributed by atoms with van der Waals surface area (Å²) in [4.78, 5) is 16.9. The largest absolute Gasteiger partial charge is 0.490 e. The molecule has 0 aliphatic carbocycles. The lowest BCUT2D eigenvalue weighted by Crippen LogP contribution is -2.21. The van der Waals surface area contributed by atoms with Crippen LogP contribution in [-0.4, -0.2) is 34.3 Å². The van der Waals surface area contributed by atoms with Crippen LogP contribution in [0.25, 0.3) is 22.2 Å². The number of hydrogen-bond acceptors (Lipinski definition) is 4. The number of nitrogens with one attached hydrogen (secondary N) is 2. The normalized spacial score (nSPS) is 13.6. The highest BCUT2D eigenvalue weighted by Crippen LogP contribution is 2.33. The molecule has 0 aliphatic heterocycles. The molecular formula is C21H26F3N3O3. The summed E-state index contributed by atoms with van der Waals surface area (Å²) in [6.07, 6.45) is -0.890. The number of oxazole rings is 1. The zero-order chi connectivity index (χ0) is 22.5. The number of fused-ring (bicyclic) bond motifs is 1. The number of nitrogens with zero attached hydrogens (tertiary/aromatic N) is 1. The zero-order valence-electron chi connectivity index (χ0n) is 17.3. The molecule has 2 aromatic heterocycles. The fourth-order valence-corrected chi connectivity index (χ4v) is 2.99. The van der Waals surface area contributed by atoms with Gasteiger partial charge in [-0.3, -0.25) is 0 Å². The van der Waals surface area contributed by atoms with Gasteiger partial charge in [0.15, 0.2) is 5.76 Å². The van der Waals surface area contributed by atoms with E-state index in [0.717, 1.165) is 41.3 Å². The van der Waals surface area contributed by atoms with Gasteiger partial charge in [-0.25, -0.2) is 9.78 Å². The van der Waals surface area contributed by atoms with Gasteiger partial charge < -0.3 is 19.8 Å². The summed E-state index contributed by atoms with van der Waals surface area (Å²) >= 11 is 0. The molecule has 9 heteroatoms. The van der Waals surface area contributed by atoms with Crippen molar-refractivity contribution in [2.75, 3.05) is 7.05 Å². The zero-order valence-corrected chi connectivity index (χ0v) is 17.3. The van der Waals surface area contributed by atoms with Crippen molar-refractivity contribution in [1.82, 2.24) is 15.3 Å². The number of benzene rings is 1. The first-order valence-corrected chi connectivity index (χ1v) is 9.59. The molecule has 0 saturated heterocycles. The number of carboxylic acid groups (broad SMARTS) is 1. The van der Waals surface area contributed by atoms with E-state index in [0.29, 0.717) is 5.92 Å². The molecule has 3 rings (SSSR count). The highest BCUT2D eigenvalue weighted by Gasteiger charge is 2.38. The van der Waals surface area contributed by atoms with E-state index in [2.05, 4.69) is 41.3 Å². The first kappa shape index (κ1) is 23.5. The van der Waals surface area contributed by atoms with Crippen LogP contribution in [0.4, 0.5) is 13.2 Å². The molecular weight excluding hydrogens is 399 g/mol. The maximum Gasteiger partial charge on any atom is 0.490 e. The predicted octanol–water partition coefficient (Wildman–Crippen LogP) is 5.46. The molecule has 0 aliphatic rings. The molecule has 0 spiro atoms. The van der Waals surface area contributed by atoms with E-state index in [1.807, 2.05) is 32.3 Å². The second-order valence-electron chi connectivity index (χ2n) is 7.11. The summed E-state index contributed by atoms with van der Waals surface area (Å²) in [5.74, 6) is -0.476. The number of aryl methyl sites for hydroxylation is 1. The second-order valence-corrected chi connectivity index (χ2v) is 7.11. The van der Waals surface area contributed by atoms with Crippen LogP contribution in [0.1, 0.15) is 44.3 Å². The van der Waals surface area contributed by atoms with E-state index < -0.39 is 12.1 Å². The Balaban J connectivity index is 0.000000396. The highest BCUT2D eigenvalue weighted by molar-refractivity contribution is 5.94. The van der Waals surface area contributed by atoms with E-state index in [-0.39, 0.29) is 6.04 Å². The van der Waals surface area contributed by atoms with Crippen LogP contribution in [0.3, 0.4) is 0 Å². The lowest BCUT2D eigenvalue weighted by molar-refractivity contribution is -0.192. The van der Waals surface area contributed by atoms with Crippen LogP contribution >= 0.6 is 0 Å². The summed E-state index contributed by atoms with van der Waals surface area (Å²) in [5, 5.41) is 11.6. The van der Waals surface area contributed by atoms with Crippen LogP contribution in [-0.2, 0) is 4.79 Å². The minimum absolute atomic E-state index is 0.155. The van der Waals surface area contributed by atoms with Crippen molar-refractivity contribution in [1.29, 1.82) is 0 Å². The van der Waals surface area contributed by atoms with E-state index in [1.165, 1.54) is 5.39 Å². The quantitative estimate of drug-likeness (QED) is 0.488. The maximum atomic E-state index is 10.6. The predicted molar refractivity (Wildman–Crippen MR) is 108 cm³/mol. The summed E-state index contributed by atoms with van der Waals surface area (Å²) in [5.41, 5.74) is 3.13. The van der Waals surface area contributed by atoms with E-state index in [4.69, 9.17) is 14.3 Å². The molecule has 3 aromatic rings. The van der Waals surface area contributed by atoms with Gasteiger partial charge in [-0.05, 0) is 32.4 Å². The third-order valence-corrected chi connectivity index (χ3v) is 4.87. The summed E-state index contributed by atoms with van der Waals surface area (Å²) in [6.45, 7) is 6.50. The Hall–Kier alpha value is -2.81. The van der Waals surface area contributed by atoms with Crippen LogP contribution < -0.4 is 5.32 Å². The van der Waals surface area contributed by atoms with Gasteiger partial charge in [0.05, 0.1) is 11.7 Å². The molecule has 0 bridgehead atoms. The number of aliphatic carboxylic acids is 1. The van der Waals surface area contributed by atoms with Crippen molar-refractivity contribution in [3.63, 3.8) is 0 Å². The lowest BCUT2D eigenvalue weighted by Gasteiger charge is -2.16. The maximum absolute atomic E-state index is 10.6. The topological polar surface area (TPSA) is 91.2 Å². The van der Waals surface area contributed by atoms with Gasteiger partial charge in [-0.1, -0.05) is 38.5 Å². The van der Waals surface area contributed by atoms with Gasteiger partial charge in [0.1, 0.15) is 0 Å². The van der Waals surface area contributed by atoms with Gasteiger partial charge in [0.25, 0.3) is 0 Å². The van der Waals surface area contributed by atoms with Crippen molar-refractivity contribution in [3.05, 3.63) is 42.0 Å². The fourth-order valence-electron chi connectivity index (χ4n) is 2.99. The van der Waals surface area contributed by atoms with Crippen molar-refractivity contribution in [3.8, 4) is 11.3 Å². The SMILES string of the molecule is CC[C@@H](C)C[C@@H](NC)c1nc(C)c(-c2c[nH]c3ccccc23)o1.O=C(O)C(F)(F)F. The van der Waals surface area contributed by atoms with Crippen LogP contribution in [0, 0.1) is 12.8 Å². The van der Waals surface area contributed by atoms with Crippen LogP contribution in [0.5, 0.6) is 0 Å². The number of rotatable bonds is 6. The number of aromatic amines is 1. The molecule has 164 valence electrons. The third kappa shape index (κ3) is 5.63. The molecule has 3 N–H and O–H groups in total. The Labute approximate surface area is 172 Å². The minimum atomic E-state index is -5.08. The van der Waals surface area contributed by atoms with Crippen molar-refractivity contribution in [2.45, 2.75) is 45.8 Å². The van der Waals surface area contributed by atoms with Gasteiger partial charge in [-0.2, -0.15) is 13.2 Å². The number of hydrogen-bond donors (Lipinski definition) is 3. The van der Waals surface area contributed by atoms with Crippen LogP contribution in [0.2, 0.25) is 0 Å². The molecule has 0 unspecified atom stereocenters. The first-order chi connectivity index (χ1) is 14.1. The first-order valence-electron chi connectivity index (χ1n) is 9.59. The Morgan fingerprint density at radius 3 is 2.53 bits per heavy atom. The second kappa shape index (κ2) is 9.80. The van der Waals surface area contributed by atoms with Gasteiger partial charge in [0.2, 0.25) is 5.89 Å². The Bertz CT molecular complexity index is 979. The van der Waals surface area contributed by atoms with Crippen molar-refractivity contribution >= 4 is 16.9 Å². The number of aromatic nitrogens is 2.